The molecular weight excluding hydrogens is 294 g/mol. The molecule has 0 aliphatic carbocycles. The van der Waals surface area contributed by atoms with Gasteiger partial charge in [0.15, 0.2) is 0 Å². The van der Waals surface area contributed by atoms with Crippen LogP contribution in [0.2, 0.25) is 5.02 Å². The maximum atomic E-state index is 11.8. The van der Waals surface area contributed by atoms with Crippen molar-refractivity contribution in [3.05, 3.63) is 52.8 Å². The van der Waals surface area contributed by atoms with Gasteiger partial charge >= 0.3 is 12.0 Å². The number of aromatic nitrogens is 1. The monoisotopic (exact) mass is 305 g/mol. The molecule has 0 unspecified atom stereocenters. The van der Waals surface area contributed by atoms with Gasteiger partial charge in [-0.05, 0) is 37.3 Å². The number of aromatic carboxylic acids is 1. The van der Waals surface area contributed by atoms with Crippen molar-refractivity contribution in [1.29, 1.82) is 0 Å². The highest BCUT2D eigenvalue weighted by Crippen LogP contribution is 2.23. The van der Waals surface area contributed by atoms with Gasteiger partial charge in [0.2, 0.25) is 0 Å². The Morgan fingerprint density at radius 3 is 2.52 bits per heavy atom. The Labute approximate surface area is 125 Å². The number of rotatable bonds is 3. The summed E-state index contributed by atoms with van der Waals surface area (Å²) in [6, 6.07) is 7.05. The SMILES string of the molecule is Cc1ccc(NC(=O)Nc2ccc(C(=O)O)cc2Cl)cn1. The number of carboxylic acids is 1. The second-order valence-corrected chi connectivity index (χ2v) is 4.67. The van der Waals surface area contributed by atoms with Gasteiger partial charge in [-0.3, -0.25) is 4.98 Å². The maximum absolute atomic E-state index is 11.8. The summed E-state index contributed by atoms with van der Waals surface area (Å²) in [6.07, 6.45) is 1.53. The molecule has 0 saturated carbocycles. The number of hydrogen-bond donors (Lipinski definition) is 3. The highest BCUT2D eigenvalue weighted by atomic mass is 35.5. The molecule has 1 aromatic heterocycles. The van der Waals surface area contributed by atoms with E-state index in [1.165, 1.54) is 24.4 Å². The van der Waals surface area contributed by atoms with E-state index in [2.05, 4.69) is 15.6 Å². The Morgan fingerprint density at radius 1 is 1.19 bits per heavy atom. The predicted molar refractivity (Wildman–Crippen MR) is 80.0 cm³/mol. The standard InChI is InChI=1S/C14H12ClN3O3/c1-8-2-4-10(7-16-8)17-14(21)18-12-5-3-9(13(19)20)6-11(12)15/h2-7H,1H3,(H,19,20)(H2,17,18,21). The summed E-state index contributed by atoms with van der Waals surface area (Å²) in [5, 5.41) is 14.1. The van der Waals surface area contributed by atoms with E-state index in [4.69, 9.17) is 16.7 Å². The molecule has 6 nitrogen and oxygen atoms in total. The molecule has 21 heavy (non-hydrogen) atoms. The number of nitrogens with zero attached hydrogens (tertiary/aromatic N) is 1. The van der Waals surface area contributed by atoms with Gasteiger partial charge in [0, 0.05) is 5.69 Å². The van der Waals surface area contributed by atoms with E-state index >= 15 is 0 Å². The minimum Gasteiger partial charge on any atom is -0.478 e. The summed E-state index contributed by atoms with van der Waals surface area (Å²) in [5.41, 5.74) is 1.75. The maximum Gasteiger partial charge on any atom is 0.335 e. The first-order chi connectivity index (χ1) is 9.95. The number of urea groups is 1. The van der Waals surface area contributed by atoms with Gasteiger partial charge in [-0.25, -0.2) is 9.59 Å². The summed E-state index contributed by atoms with van der Waals surface area (Å²) in [4.78, 5) is 26.7. The molecule has 2 amide bonds. The normalized spacial score (nSPS) is 10.0. The van der Waals surface area contributed by atoms with Crippen LogP contribution in [0.3, 0.4) is 0 Å². The lowest BCUT2D eigenvalue weighted by Crippen LogP contribution is -2.19. The molecule has 0 atom stereocenters. The van der Waals surface area contributed by atoms with Gasteiger partial charge in [0.05, 0.1) is 28.2 Å². The highest BCUT2D eigenvalue weighted by molar-refractivity contribution is 6.34. The number of halogens is 1. The Hall–Kier alpha value is -2.60. The fraction of sp³-hybridized carbons (Fsp3) is 0.0714. The summed E-state index contributed by atoms with van der Waals surface area (Å²) < 4.78 is 0. The highest BCUT2D eigenvalue weighted by Gasteiger charge is 2.09. The minimum absolute atomic E-state index is 0.0497. The number of aryl methyl sites for hydroxylation is 1. The third kappa shape index (κ3) is 3.93. The molecule has 0 aliphatic rings. The lowest BCUT2D eigenvalue weighted by Gasteiger charge is -2.09. The average molecular weight is 306 g/mol. The van der Waals surface area contributed by atoms with Crippen LogP contribution in [0.25, 0.3) is 0 Å². The summed E-state index contributed by atoms with van der Waals surface area (Å²) in [7, 11) is 0. The molecule has 0 saturated heterocycles. The largest absolute Gasteiger partial charge is 0.478 e. The molecule has 3 N–H and O–H groups in total. The lowest BCUT2D eigenvalue weighted by molar-refractivity contribution is 0.0697. The van der Waals surface area contributed by atoms with Crippen molar-refractivity contribution in [2.24, 2.45) is 0 Å². The molecule has 2 rings (SSSR count). The first kappa shape index (κ1) is 14.8. The van der Waals surface area contributed by atoms with Crippen molar-refractivity contribution in [1.82, 2.24) is 4.98 Å². The first-order valence-electron chi connectivity index (χ1n) is 5.99. The van der Waals surface area contributed by atoms with Gasteiger partial charge in [-0.1, -0.05) is 11.6 Å². The summed E-state index contributed by atoms with van der Waals surface area (Å²) in [5.74, 6) is -1.08. The summed E-state index contributed by atoms with van der Waals surface area (Å²) >= 11 is 5.92. The number of hydrogen-bond acceptors (Lipinski definition) is 3. The number of benzene rings is 1. The Balaban J connectivity index is 2.06. The zero-order valence-electron chi connectivity index (χ0n) is 11.1. The van der Waals surface area contributed by atoms with Crippen molar-refractivity contribution in [2.75, 3.05) is 10.6 Å². The Kier molecular flexibility index (Phi) is 4.39. The quantitative estimate of drug-likeness (QED) is 0.810. The third-order valence-corrected chi connectivity index (χ3v) is 2.95. The number of carbonyl (C=O) groups excluding carboxylic acids is 1. The van der Waals surface area contributed by atoms with Crippen molar-refractivity contribution in [3.63, 3.8) is 0 Å². The minimum atomic E-state index is -1.08. The molecular formula is C14H12ClN3O3. The van der Waals surface area contributed by atoms with E-state index in [-0.39, 0.29) is 10.6 Å². The Bertz CT molecular complexity index is 686. The molecule has 2 aromatic rings. The van der Waals surface area contributed by atoms with Crippen LogP contribution in [-0.2, 0) is 0 Å². The molecule has 0 bridgehead atoms. The fourth-order valence-corrected chi connectivity index (χ4v) is 1.80. The van der Waals surface area contributed by atoms with Gasteiger partial charge in [-0.2, -0.15) is 0 Å². The van der Waals surface area contributed by atoms with Crippen LogP contribution < -0.4 is 10.6 Å². The zero-order chi connectivity index (χ0) is 15.4. The van der Waals surface area contributed by atoms with Gasteiger partial charge in [-0.15, -0.1) is 0 Å². The van der Waals surface area contributed by atoms with Crippen molar-refractivity contribution in [3.8, 4) is 0 Å². The second kappa shape index (κ2) is 6.23. The van der Waals surface area contributed by atoms with Crippen molar-refractivity contribution in [2.45, 2.75) is 6.92 Å². The van der Waals surface area contributed by atoms with Crippen molar-refractivity contribution < 1.29 is 14.7 Å². The van der Waals surface area contributed by atoms with Crippen LogP contribution >= 0.6 is 11.6 Å². The Morgan fingerprint density at radius 2 is 1.95 bits per heavy atom. The average Bonchev–Trinajstić information content (AvgIpc) is 2.43. The molecule has 0 fully saturated rings. The molecule has 0 spiro atoms. The van der Waals surface area contributed by atoms with E-state index in [0.717, 1.165) is 5.69 Å². The van der Waals surface area contributed by atoms with Crippen LogP contribution in [0, 0.1) is 6.92 Å². The predicted octanol–water partition coefficient (Wildman–Crippen LogP) is 3.39. The number of carbonyl (C=O) groups is 2. The van der Waals surface area contributed by atoms with Crippen LogP contribution in [0.4, 0.5) is 16.2 Å². The summed E-state index contributed by atoms with van der Waals surface area (Å²) in [6.45, 7) is 1.84. The van der Waals surface area contributed by atoms with Crippen LogP contribution in [0.1, 0.15) is 16.1 Å². The van der Waals surface area contributed by atoms with Gasteiger partial charge in [0.25, 0.3) is 0 Å². The number of amides is 2. The molecule has 1 aromatic carbocycles. The molecule has 0 radical (unpaired) electrons. The van der Waals surface area contributed by atoms with Crippen LogP contribution in [0.15, 0.2) is 36.5 Å². The van der Waals surface area contributed by atoms with E-state index in [1.807, 2.05) is 6.92 Å². The zero-order valence-corrected chi connectivity index (χ0v) is 11.8. The topological polar surface area (TPSA) is 91.3 Å². The second-order valence-electron chi connectivity index (χ2n) is 4.27. The fourth-order valence-electron chi connectivity index (χ4n) is 1.58. The number of nitrogens with one attached hydrogen (secondary N) is 2. The number of pyridine rings is 1. The first-order valence-corrected chi connectivity index (χ1v) is 6.37. The third-order valence-electron chi connectivity index (χ3n) is 2.63. The molecule has 1 heterocycles. The van der Waals surface area contributed by atoms with E-state index in [0.29, 0.717) is 11.4 Å². The van der Waals surface area contributed by atoms with E-state index < -0.39 is 12.0 Å². The molecule has 0 aliphatic heterocycles. The van der Waals surface area contributed by atoms with Crippen LogP contribution in [-0.4, -0.2) is 22.1 Å². The van der Waals surface area contributed by atoms with E-state index in [9.17, 15) is 9.59 Å². The number of carboxylic acid groups (broad SMARTS) is 1. The van der Waals surface area contributed by atoms with Gasteiger partial charge in [0.1, 0.15) is 0 Å². The number of anilines is 2. The van der Waals surface area contributed by atoms with E-state index in [1.54, 1.807) is 12.1 Å². The van der Waals surface area contributed by atoms with Crippen LogP contribution in [0.5, 0.6) is 0 Å². The molecule has 108 valence electrons. The van der Waals surface area contributed by atoms with Crippen molar-refractivity contribution >= 4 is 35.0 Å². The smallest absolute Gasteiger partial charge is 0.335 e. The van der Waals surface area contributed by atoms with Gasteiger partial charge < -0.3 is 15.7 Å². The lowest BCUT2D eigenvalue weighted by atomic mass is 10.2. The molecule has 7 heteroatoms.